The van der Waals surface area contributed by atoms with Gasteiger partial charge in [-0.1, -0.05) is 18.3 Å². The van der Waals surface area contributed by atoms with E-state index < -0.39 is 16.1 Å². The van der Waals surface area contributed by atoms with E-state index in [2.05, 4.69) is 0 Å². The van der Waals surface area contributed by atoms with E-state index >= 15 is 0 Å². The molecule has 1 aromatic carbocycles. The first-order chi connectivity index (χ1) is 9.70. The van der Waals surface area contributed by atoms with Crippen LogP contribution in [0.1, 0.15) is 11.1 Å². The van der Waals surface area contributed by atoms with Gasteiger partial charge in [0, 0.05) is 26.3 Å². The van der Waals surface area contributed by atoms with Crippen LogP contribution in [-0.2, 0) is 14.8 Å². The largest absolute Gasteiger partial charge is 0.389 e. The Bertz CT molecular complexity index is 617. The Morgan fingerprint density at radius 1 is 1.52 bits per heavy atom. The van der Waals surface area contributed by atoms with Gasteiger partial charge in [0.05, 0.1) is 17.6 Å². The van der Waals surface area contributed by atoms with Crippen LogP contribution >= 0.6 is 12.2 Å². The third-order valence-corrected chi connectivity index (χ3v) is 5.04. The van der Waals surface area contributed by atoms with Crippen molar-refractivity contribution in [2.75, 3.05) is 27.3 Å². The Labute approximate surface area is 130 Å². The molecule has 0 bridgehead atoms. The minimum Gasteiger partial charge on any atom is -0.389 e. The second kappa shape index (κ2) is 7.28. The van der Waals surface area contributed by atoms with Crippen molar-refractivity contribution in [1.82, 2.24) is 4.31 Å². The molecule has 1 atom stereocenters. The van der Waals surface area contributed by atoms with Gasteiger partial charge in [-0.3, -0.25) is 0 Å². The molecule has 0 saturated heterocycles. The number of hydrogen-bond donors (Lipinski definition) is 2. The zero-order valence-corrected chi connectivity index (χ0v) is 13.9. The maximum atomic E-state index is 12.4. The molecule has 0 fully saturated rings. The topological polar surface area (TPSA) is 92.9 Å². The number of methoxy groups -OCH3 is 1. The quantitative estimate of drug-likeness (QED) is 0.696. The molecule has 1 aromatic rings. The second-order valence-electron chi connectivity index (χ2n) is 4.74. The standard InChI is InChI=1S/C13H20N2O4S2/c1-9-6-11(4-5-12(9)13(14)20)21(17,18)15(2)7-10(16)8-19-3/h4-6,10,16H,7-8H2,1-3H3,(H2,14,20). The van der Waals surface area contributed by atoms with Crippen LogP contribution in [0.25, 0.3) is 0 Å². The number of nitrogens with zero attached hydrogens (tertiary/aromatic N) is 1. The Kier molecular flexibility index (Phi) is 6.24. The summed E-state index contributed by atoms with van der Waals surface area (Å²) in [6.07, 6.45) is -0.883. The lowest BCUT2D eigenvalue weighted by Gasteiger charge is -2.20. The van der Waals surface area contributed by atoms with Crippen molar-refractivity contribution in [2.45, 2.75) is 17.9 Å². The fourth-order valence-electron chi connectivity index (χ4n) is 1.89. The summed E-state index contributed by atoms with van der Waals surface area (Å²) < 4.78 is 30.7. The fourth-order valence-corrected chi connectivity index (χ4v) is 3.42. The van der Waals surface area contributed by atoms with Crippen molar-refractivity contribution in [1.29, 1.82) is 0 Å². The molecule has 118 valence electrons. The lowest BCUT2D eigenvalue weighted by molar-refractivity contribution is 0.0554. The van der Waals surface area contributed by atoms with Crippen molar-refractivity contribution in [3.05, 3.63) is 29.3 Å². The lowest BCUT2D eigenvalue weighted by Crippen LogP contribution is -2.36. The highest BCUT2D eigenvalue weighted by Crippen LogP contribution is 2.19. The summed E-state index contributed by atoms with van der Waals surface area (Å²) in [4.78, 5) is 0.354. The zero-order chi connectivity index (χ0) is 16.2. The van der Waals surface area contributed by atoms with E-state index in [1.165, 1.54) is 26.3 Å². The smallest absolute Gasteiger partial charge is 0.242 e. The van der Waals surface area contributed by atoms with Crippen molar-refractivity contribution in [3.8, 4) is 0 Å². The summed E-state index contributed by atoms with van der Waals surface area (Å²) in [6, 6.07) is 4.56. The van der Waals surface area contributed by atoms with Crippen LogP contribution in [-0.4, -0.2) is 56.2 Å². The SMILES string of the molecule is COCC(O)CN(C)S(=O)(=O)c1ccc(C(N)=S)c(C)c1. The molecular formula is C13H20N2O4S2. The number of benzene rings is 1. The van der Waals surface area contributed by atoms with E-state index in [0.29, 0.717) is 11.1 Å². The van der Waals surface area contributed by atoms with Gasteiger partial charge in [-0.2, -0.15) is 4.31 Å². The van der Waals surface area contributed by atoms with Crippen molar-refractivity contribution >= 4 is 27.2 Å². The summed E-state index contributed by atoms with van der Waals surface area (Å²) in [5.41, 5.74) is 6.89. The first-order valence-electron chi connectivity index (χ1n) is 6.24. The fraction of sp³-hybridized carbons (Fsp3) is 0.462. The average molecular weight is 332 g/mol. The highest BCUT2D eigenvalue weighted by molar-refractivity contribution is 7.89. The molecule has 21 heavy (non-hydrogen) atoms. The zero-order valence-electron chi connectivity index (χ0n) is 12.2. The summed E-state index contributed by atoms with van der Waals surface area (Å²) in [7, 11) is -0.836. The number of aliphatic hydroxyl groups excluding tert-OH is 1. The first kappa shape index (κ1) is 18.0. The lowest BCUT2D eigenvalue weighted by atomic mass is 10.1. The van der Waals surface area contributed by atoms with E-state index in [-0.39, 0.29) is 23.0 Å². The normalized spacial score (nSPS) is 13.4. The van der Waals surface area contributed by atoms with Crippen LogP contribution in [0.15, 0.2) is 23.1 Å². The van der Waals surface area contributed by atoms with Crippen LogP contribution in [0.2, 0.25) is 0 Å². The maximum Gasteiger partial charge on any atom is 0.242 e. The number of likely N-dealkylation sites (N-methyl/N-ethyl adjacent to an activating group) is 1. The monoisotopic (exact) mass is 332 g/mol. The minimum atomic E-state index is -3.68. The molecule has 0 aliphatic carbocycles. The predicted molar refractivity (Wildman–Crippen MR) is 84.8 cm³/mol. The van der Waals surface area contributed by atoms with Crippen LogP contribution < -0.4 is 5.73 Å². The summed E-state index contributed by atoms with van der Waals surface area (Å²) in [6.45, 7) is 1.76. The van der Waals surface area contributed by atoms with Crippen LogP contribution in [0.5, 0.6) is 0 Å². The van der Waals surface area contributed by atoms with E-state index in [0.717, 1.165) is 4.31 Å². The Balaban J connectivity index is 3.02. The van der Waals surface area contributed by atoms with Crippen LogP contribution in [0.4, 0.5) is 0 Å². The van der Waals surface area contributed by atoms with Gasteiger partial charge in [-0.05, 0) is 24.6 Å². The molecule has 0 heterocycles. The van der Waals surface area contributed by atoms with Gasteiger partial charge in [-0.15, -0.1) is 0 Å². The van der Waals surface area contributed by atoms with Gasteiger partial charge < -0.3 is 15.6 Å². The number of aliphatic hydroxyl groups is 1. The molecule has 8 heteroatoms. The van der Waals surface area contributed by atoms with Gasteiger partial charge in [-0.25, -0.2) is 8.42 Å². The Morgan fingerprint density at radius 3 is 2.62 bits per heavy atom. The van der Waals surface area contributed by atoms with Gasteiger partial charge >= 0.3 is 0 Å². The van der Waals surface area contributed by atoms with E-state index in [1.54, 1.807) is 13.0 Å². The molecule has 0 radical (unpaired) electrons. The molecule has 0 aliphatic rings. The first-order valence-corrected chi connectivity index (χ1v) is 8.08. The van der Waals surface area contributed by atoms with Crippen LogP contribution in [0.3, 0.4) is 0 Å². The minimum absolute atomic E-state index is 0.0493. The van der Waals surface area contributed by atoms with Crippen LogP contribution in [0, 0.1) is 6.92 Å². The van der Waals surface area contributed by atoms with E-state index in [9.17, 15) is 13.5 Å². The summed E-state index contributed by atoms with van der Waals surface area (Å²) in [5.74, 6) is 0. The predicted octanol–water partition coefficient (Wildman–Crippen LogP) is 0.257. The maximum absolute atomic E-state index is 12.4. The number of thiocarbonyl (C=S) groups is 1. The third kappa shape index (κ3) is 4.45. The number of aryl methyl sites for hydroxylation is 1. The van der Waals surface area contributed by atoms with E-state index in [4.69, 9.17) is 22.7 Å². The average Bonchev–Trinajstić information content (AvgIpc) is 2.38. The summed E-state index contributed by atoms with van der Waals surface area (Å²) in [5, 5.41) is 9.64. The van der Waals surface area contributed by atoms with Crippen molar-refractivity contribution < 1.29 is 18.3 Å². The molecular weight excluding hydrogens is 312 g/mol. The molecule has 6 nitrogen and oxygen atoms in total. The van der Waals surface area contributed by atoms with Gasteiger partial charge in [0.15, 0.2) is 0 Å². The molecule has 1 rings (SSSR count). The molecule has 0 aliphatic heterocycles. The van der Waals surface area contributed by atoms with Crippen molar-refractivity contribution in [2.24, 2.45) is 5.73 Å². The van der Waals surface area contributed by atoms with Gasteiger partial charge in [0.25, 0.3) is 0 Å². The Hall–Kier alpha value is -1.06. The Morgan fingerprint density at radius 2 is 2.14 bits per heavy atom. The molecule has 0 spiro atoms. The highest BCUT2D eigenvalue weighted by atomic mass is 32.2. The summed E-state index contributed by atoms with van der Waals surface area (Å²) >= 11 is 4.89. The molecule has 0 aromatic heterocycles. The number of rotatable bonds is 7. The number of nitrogens with two attached hydrogens (primary N) is 1. The van der Waals surface area contributed by atoms with Gasteiger partial charge in [0.1, 0.15) is 4.99 Å². The second-order valence-corrected chi connectivity index (χ2v) is 7.22. The highest BCUT2D eigenvalue weighted by Gasteiger charge is 2.23. The molecule has 1 unspecified atom stereocenters. The molecule has 0 saturated carbocycles. The number of hydrogen-bond acceptors (Lipinski definition) is 5. The van der Waals surface area contributed by atoms with Gasteiger partial charge in [0.2, 0.25) is 10.0 Å². The molecule has 3 N–H and O–H groups in total. The molecule has 0 amide bonds. The van der Waals surface area contributed by atoms with Crippen molar-refractivity contribution in [3.63, 3.8) is 0 Å². The number of ether oxygens (including phenoxy) is 1. The van der Waals surface area contributed by atoms with E-state index in [1.807, 2.05) is 0 Å². The third-order valence-electron chi connectivity index (χ3n) is 3.00. The number of sulfonamides is 1.